The molecule has 2 unspecified atom stereocenters. The van der Waals surface area contributed by atoms with E-state index in [-0.39, 0.29) is 35.9 Å². The second-order valence-electron chi connectivity index (χ2n) is 35.6. The van der Waals surface area contributed by atoms with Crippen molar-refractivity contribution in [2.75, 3.05) is 13.7 Å². The predicted octanol–water partition coefficient (Wildman–Crippen LogP) is 28.2. The number of hydrogen-bond donors (Lipinski definition) is 2. The number of fused-ring (bicyclic) bond motifs is 5. The molecular formula is C106H115N9O19SSi. The smallest absolute Gasteiger partial charge is 0.514 e. The van der Waals surface area contributed by atoms with Gasteiger partial charge in [-0.2, -0.15) is 0 Å². The van der Waals surface area contributed by atoms with Gasteiger partial charge in [-0.25, -0.2) is 29.0 Å². The third-order valence-corrected chi connectivity index (χ3v) is 24.9. The van der Waals surface area contributed by atoms with Crippen molar-refractivity contribution in [3.8, 4) is 34.5 Å². The summed E-state index contributed by atoms with van der Waals surface area (Å²) in [4.78, 5) is 98.2. The Morgan fingerprint density at radius 1 is 0.478 bits per heavy atom. The molecule has 136 heavy (non-hydrogen) atoms. The summed E-state index contributed by atoms with van der Waals surface area (Å²) in [6.07, 6.45) is 8.95. The number of carbonyl (C=O) groups is 6. The molecule has 0 amide bonds. The SMILES string of the molecule is CC(C)(C)OC(=O)OC1=C(c2[nH]c3ccccc3c2OC(=O)OC(C)(C)C)NC2C=CC=CC12.CC(C)(C)OC(=O)Oc1ccc2ccccc2c1N=Cc1cccs1.CC(C)(C)OC(=O)Oc1ccc2ccccc2c1N=Nc1ccccn1.COc1ccc(C=Nc2c(OC(=O)OC(C)(C)C)ccc3ccccc23)cc1.[C-]#[N+]C(=Nc1ccccc1O[Si](CC)(CC)CC)C(=O)OCC. The molecule has 0 radical (unpaired) electrons. The minimum atomic E-state index is -1.86. The molecule has 2 atom stereocenters. The molecule has 0 saturated heterocycles. The van der Waals surface area contributed by atoms with Gasteiger partial charge in [0.25, 0.3) is 8.32 Å². The Kier molecular flexibility index (Phi) is 35.6. The summed E-state index contributed by atoms with van der Waals surface area (Å²) in [6, 6.07) is 68.5. The van der Waals surface area contributed by atoms with Crippen LogP contribution in [0.25, 0.3) is 53.8 Å². The number of ether oxygens (including phenoxy) is 12. The van der Waals surface area contributed by atoms with Crippen LogP contribution >= 0.6 is 11.3 Å². The summed E-state index contributed by atoms with van der Waals surface area (Å²) in [7, 11) is -0.232. The first-order valence-corrected chi connectivity index (χ1v) is 47.6. The standard InChI is InChI=1S/C26H30N2O6.C23H23NO4.C20H19N3O3.C20H19NO3S.C17H24N2O3Si/c1-25(2,3)33-23(29)31-21-15-11-7-9-13-17(15)27-19(21)20-22(32-24(30)34-26(4,5)6)16-12-8-10-14-18(16)28-20;1-23(2,3)28-22(25)27-20-14-11-17-7-5-6-8-19(17)21(20)24-15-16-9-12-18(26-4)13-10-16;1-20(2,3)26-19(24)25-16-12-11-14-8-4-5-9-15(14)18(16)23-22-17-10-6-7-13-21-17;1-20(2,3)24-19(22)23-17-11-10-14-7-4-5-9-16(14)18(17)21-13-15-8-6-12-25-15;1-6-21-17(20)16(18-5)19-14-12-10-11-13-15(14)22-23(7-2,8-3)9-4/h7-15,17,27-28H,1-6H3;5-15H,1-4H3;4-13H,1-3H3;4-13H,1-3H3;10-13H,6-9H2,1-4H3. The Labute approximate surface area is 797 Å². The first-order valence-electron chi connectivity index (χ1n) is 44.2. The number of thiophene rings is 1. The van der Waals surface area contributed by atoms with Crippen LogP contribution in [0.2, 0.25) is 18.1 Å². The van der Waals surface area contributed by atoms with Crippen molar-refractivity contribution in [1.29, 1.82) is 0 Å². The van der Waals surface area contributed by atoms with Gasteiger partial charge >= 0.3 is 42.6 Å². The van der Waals surface area contributed by atoms with Crippen LogP contribution in [0.1, 0.15) is 148 Å². The third-order valence-electron chi connectivity index (χ3n) is 19.5. The number of rotatable bonds is 20. The highest BCUT2D eigenvalue weighted by Gasteiger charge is 2.40. The quantitative estimate of drug-likeness (QED) is 0.0105. The number of hydrogen-bond acceptors (Lipinski definition) is 27. The minimum Gasteiger partial charge on any atom is -0.541 e. The van der Waals surface area contributed by atoms with Crippen molar-refractivity contribution in [2.24, 2.45) is 31.1 Å². The van der Waals surface area contributed by atoms with Crippen molar-refractivity contribution < 1.29 is 90.0 Å². The van der Waals surface area contributed by atoms with Gasteiger partial charge in [-0.1, -0.05) is 179 Å². The lowest BCUT2D eigenvalue weighted by Gasteiger charge is -2.28. The van der Waals surface area contributed by atoms with E-state index in [1.54, 1.807) is 184 Å². The Bertz CT molecular complexity index is 6450. The van der Waals surface area contributed by atoms with Gasteiger partial charge in [0.05, 0.1) is 25.7 Å². The van der Waals surface area contributed by atoms with Gasteiger partial charge in [0.2, 0.25) is 0 Å². The van der Waals surface area contributed by atoms with Crippen molar-refractivity contribution in [3.05, 3.63) is 282 Å². The molecule has 708 valence electrons. The molecule has 1 aliphatic carbocycles. The zero-order chi connectivity index (χ0) is 98.6. The van der Waals surface area contributed by atoms with Crippen molar-refractivity contribution in [1.82, 2.24) is 15.3 Å². The second-order valence-corrected chi connectivity index (χ2v) is 41.3. The normalized spacial score (nSPS) is 13.7. The van der Waals surface area contributed by atoms with Gasteiger partial charge in [0.15, 0.2) is 40.3 Å². The fraction of sp³-hybridized carbons (Fsp3) is 0.292. The first-order chi connectivity index (χ1) is 64.7. The number of nitrogens with zero attached hydrogens (tertiary/aromatic N) is 7. The lowest BCUT2D eigenvalue weighted by molar-refractivity contribution is -0.134. The minimum absolute atomic E-state index is 0.141. The number of azo groups is 1. The van der Waals surface area contributed by atoms with Gasteiger partial charge < -0.3 is 76.4 Å². The number of allylic oxidation sites excluding steroid dienone is 2. The number of methoxy groups -OCH3 is 1. The number of benzene rings is 9. The van der Waals surface area contributed by atoms with Gasteiger partial charge in [0.1, 0.15) is 68.0 Å². The molecule has 0 bridgehead atoms. The summed E-state index contributed by atoms with van der Waals surface area (Å²) < 4.78 is 70.6. The summed E-state index contributed by atoms with van der Waals surface area (Å²) in [5.74, 6) is 2.30. The highest BCUT2D eigenvalue weighted by molar-refractivity contribution is 7.11. The number of amidine groups is 1. The lowest BCUT2D eigenvalue weighted by Crippen LogP contribution is -2.39. The molecule has 0 fully saturated rings. The van der Waals surface area contributed by atoms with Crippen molar-refractivity contribution >= 4 is 152 Å². The lowest BCUT2D eigenvalue weighted by atomic mass is 9.96. The van der Waals surface area contributed by atoms with Crippen molar-refractivity contribution in [3.63, 3.8) is 0 Å². The first kappa shape index (κ1) is 103. The average molecular weight is 1880 g/mol. The molecule has 0 saturated carbocycles. The molecule has 4 heterocycles. The molecule has 3 aromatic heterocycles. The van der Waals surface area contributed by atoms with Crippen LogP contribution in [0.4, 0.5) is 52.5 Å². The predicted molar refractivity (Wildman–Crippen MR) is 535 cm³/mol. The van der Waals surface area contributed by atoms with E-state index in [9.17, 15) is 28.8 Å². The molecule has 2 N–H and O–H groups in total. The number of pyridine rings is 1. The van der Waals surface area contributed by atoms with Gasteiger partial charge in [-0.05, 0) is 241 Å². The average Bonchev–Trinajstić information content (AvgIpc) is 1.58. The van der Waals surface area contributed by atoms with E-state index < -0.39 is 73.1 Å². The highest BCUT2D eigenvalue weighted by atomic mass is 32.1. The maximum Gasteiger partial charge on any atom is 0.514 e. The van der Waals surface area contributed by atoms with Crippen LogP contribution in [-0.4, -0.2) is 121 Å². The number of nitrogens with one attached hydrogen (secondary N) is 2. The second kappa shape index (κ2) is 47.0. The Balaban J connectivity index is 0.000000177. The molecule has 30 heteroatoms. The summed E-state index contributed by atoms with van der Waals surface area (Å²) in [6.45, 7) is 42.2. The zero-order valence-electron chi connectivity index (χ0n) is 80.1. The van der Waals surface area contributed by atoms with Crippen LogP contribution in [0.15, 0.2) is 279 Å². The monoisotopic (exact) mass is 1880 g/mol. The van der Waals surface area contributed by atoms with Crippen LogP contribution < -0.4 is 33.4 Å². The maximum absolute atomic E-state index is 12.6. The summed E-state index contributed by atoms with van der Waals surface area (Å²) in [5, 5.41) is 20.1. The number of H-pyrrole nitrogens is 1. The van der Waals surface area contributed by atoms with Gasteiger partial charge in [0, 0.05) is 50.6 Å². The molecule has 1 aliphatic heterocycles. The molecule has 9 aromatic carbocycles. The number of aliphatic imine (C=N–C) groups is 3. The number of carbonyl (C=O) groups excluding carboxylic acids is 6. The van der Waals surface area contributed by atoms with Gasteiger partial charge in [-0.3, -0.25) is 14.8 Å². The van der Waals surface area contributed by atoms with Crippen LogP contribution in [0, 0.1) is 12.5 Å². The molecular weight excluding hydrogens is 1760 g/mol. The summed E-state index contributed by atoms with van der Waals surface area (Å²) in [5.41, 5.74) is 1.42. The topological polar surface area (TPSA) is 329 Å². The van der Waals surface area contributed by atoms with E-state index in [2.05, 4.69) is 66.1 Å². The van der Waals surface area contributed by atoms with E-state index in [4.69, 9.17) is 67.8 Å². The van der Waals surface area contributed by atoms with Crippen LogP contribution in [0.3, 0.4) is 0 Å². The maximum atomic E-state index is 12.6. The molecule has 0 spiro atoms. The van der Waals surface area contributed by atoms with E-state index in [0.717, 1.165) is 72.2 Å². The number of para-hydroxylation sites is 3. The van der Waals surface area contributed by atoms with Crippen LogP contribution in [-0.2, 0) is 38.0 Å². The Morgan fingerprint density at radius 3 is 1.43 bits per heavy atom. The van der Waals surface area contributed by atoms with E-state index in [0.29, 0.717) is 68.4 Å². The van der Waals surface area contributed by atoms with E-state index in [1.807, 2.05) is 206 Å². The number of esters is 1. The van der Waals surface area contributed by atoms with E-state index in [1.165, 1.54) is 0 Å². The van der Waals surface area contributed by atoms with E-state index >= 15 is 0 Å². The van der Waals surface area contributed by atoms with Crippen molar-refractivity contribution in [2.45, 2.75) is 184 Å². The largest absolute Gasteiger partial charge is 0.541 e. The number of aromatic amines is 1. The Hall–Kier alpha value is -15.1. The Morgan fingerprint density at radius 2 is 0.941 bits per heavy atom. The van der Waals surface area contributed by atoms with Gasteiger partial charge in [-0.15, -0.1) is 26.6 Å². The van der Waals surface area contributed by atoms with Crippen LogP contribution in [0.5, 0.6) is 34.5 Å². The molecule has 12 aromatic rings. The molecule has 2 aliphatic rings. The fourth-order valence-electron chi connectivity index (χ4n) is 13.3. The highest BCUT2D eigenvalue weighted by Crippen LogP contribution is 2.45. The number of aromatic nitrogens is 2. The zero-order valence-corrected chi connectivity index (χ0v) is 81.9. The summed E-state index contributed by atoms with van der Waals surface area (Å²) >= 11 is 1.59. The molecule has 28 nitrogen and oxygen atoms in total. The fourth-order valence-corrected chi connectivity index (χ4v) is 16.5. The molecule has 14 rings (SSSR count). The third kappa shape index (κ3) is 30.7.